The van der Waals surface area contributed by atoms with Gasteiger partial charge in [0.25, 0.3) is 5.91 Å². The molecule has 0 bridgehead atoms. The molecule has 2 heterocycles. The molecule has 2 aromatic rings. The number of hydrogen-bond acceptors (Lipinski definition) is 6. The highest BCUT2D eigenvalue weighted by Crippen LogP contribution is 2.26. The first-order valence-electron chi connectivity index (χ1n) is 7.96. The Morgan fingerprint density at radius 2 is 2.08 bits per heavy atom. The maximum absolute atomic E-state index is 12.9. The van der Waals surface area contributed by atoms with Crippen molar-refractivity contribution in [3.8, 4) is 0 Å². The summed E-state index contributed by atoms with van der Waals surface area (Å²) in [5, 5.41) is 4.05. The highest BCUT2D eigenvalue weighted by Gasteiger charge is 2.33. The number of nitrogens with zero attached hydrogens (tertiary/aromatic N) is 3. The monoisotopic (exact) mass is 347 g/mol. The maximum atomic E-state index is 12.9. The zero-order valence-electron chi connectivity index (χ0n) is 14.1. The summed E-state index contributed by atoms with van der Waals surface area (Å²) >= 11 is 1.65. The van der Waals surface area contributed by atoms with Gasteiger partial charge in [0.1, 0.15) is 6.04 Å². The molecule has 128 valence electrons. The molecule has 1 saturated heterocycles. The number of carbonyl (C=O) groups excluding carboxylic acids is 1. The number of amides is 1. The van der Waals surface area contributed by atoms with Crippen LogP contribution in [0.3, 0.4) is 0 Å². The van der Waals surface area contributed by atoms with Gasteiger partial charge in [-0.2, -0.15) is 4.98 Å². The molecule has 1 aliphatic heterocycles. The van der Waals surface area contributed by atoms with Crippen LogP contribution in [0.15, 0.2) is 33.7 Å². The number of rotatable bonds is 4. The van der Waals surface area contributed by atoms with Crippen molar-refractivity contribution in [3.63, 3.8) is 0 Å². The minimum absolute atomic E-state index is 0.0353. The smallest absolute Gasteiger partial charge is 0.254 e. The number of thioether (sulfide) groups is 1. The fourth-order valence-electron chi connectivity index (χ4n) is 2.58. The Morgan fingerprint density at radius 1 is 1.33 bits per heavy atom. The molecular formula is C17H21N3O3S. The molecule has 1 aromatic carbocycles. The predicted octanol–water partition coefficient (Wildman–Crippen LogP) is 3.13. The first-order chi connectivity index (χ1) is 11.6. The SMILES string of the molecule is CSc1ccc(C(=O)N2CCOC[C@@H]2c2noc(C(C)C)n2)cc1. The average molecular weight is 347 g/mol. The lowest BCUT2D eigenvalue weighted by atomic mass is 10.1. The van der Waals surface area contributed by atoms with Crippen LogP contribution in [0.1, 0.15) is 47.9 Å². The molecule has 1 aliphatic rings. The third-order valence-electron chi connectivity index (χ3n) is 3.98. The second-order valence-electron chi connectivity index (χ2n) is 5.96. The molecule has 0 spiro atoms. The van der Waals surface area contributed by atoms with Crippen molar-refractivity contribution in [2.75, 3.05) is 26.0 Å². The van der Waals surface area contributed by atoms with E-state index < -0.39 is 0 Å². The fraction of sp³-hybridized carbons (Fsp3) is 0.471. The minimum atomic E-state index is -0.317. The van der Waals surface area contributed by atoms with Crippen molar-refractivity contribution in [2.45, 2.75) is 30.7 Å². The van der Waals surface area contributed by atoms with E-state index in [9.17, 15) is 4.79 Å². The van der Waals surface area contributed by atoms with E-state index in [4.69, 9.17) is 9.26 Å². The summed E-state index contributed by atoms with van der Waals surface area (Å²) in [6.07, 6.45) is 2.01. The van der Waals surface area contributed by atoms with Crippen molar-refractivity contribution in [3.05, 3.63) is 41.5 Å². The first kappa shape index (κ1) is 17.0. The van der Waals surface area contributed by atoms with Crippen LogP contribution in [0.25, 0.3) is 0 Å². The van der Waals surface area contributed by atoms with Gasteiger partial charge in [0.05, 0.1) is 13.2 Å². The Hall–Kier alpha value is -1.86. The van der Waals surface area contributed by atoms with Crippen molar-refractivity contribution in [2.24, 2.45) is 0 Å². The van der Waals surface area contributed by atoms with Crippen LogP contribution in [0.5, 0.6) is 0 Å². The molecule has 0 aliphatic carbocycles. The van der Waals surface area contributed by atoms with E-state index in [0.717, 1.165) is 4.90 Å². The summed E-state index contributed by atoms with van der Waals surface area (Å²) in [7, 11) is 0. The second-order valence-corrected chi connectivity index (χ2v) is 6.84. The molecule has 3 rings (SSSR count). The van der Waals surface area contributed by atoms with E-state index in [-0.39, 0.29) is 17.9 Å². The van der Waals surface area contributed by atoms with Crippen LogP contribution >= 0.6 is 11.8 Å². The molecule has 1 amide bonds. The Kier molecular flexibility index (Phi) is 5.20. The lowest BCUT2D eigenvalue weighted by molar-refractivity contribution is -0.00577. The maximum Gasteiger partial charge on any atom is 0.254 e. The molecule has 1 aromatic heterocycles. The largest absolute Gasteiger partial charge is 0.377 e. The van der Waals surface area contributed by atoms with Crippen LogP contribution < -0.4 is 0 Å². The Labute approximate surface area is 145 Å². The summed E-state index contributed by atoms with van der Waals surface area (Å²) in [5.74, 6) is 1.20. The Morgan fingerprint density at radius 3 is 2.71 bits per heavy atom. The summed E-state index contributed by atoms with van der Waals surface area (Å²) in [6, 6.07) is 7.31. The van der Waals surface area contributed by atoms with Gasteiger partial charge in [-0.25, -0.2) is 0 Å². The van der Waals surface area contributed by atoms with Gasteiger partial charge in [-0.15, -0.1) is 11.8 Å². The molecule has 24 heavy (non-hydrogen) atoms. The summed E-state index contributed by atoms with van der Waals surface area (Å²) < 4.78 is 10.8. The van der Waals surface area contributed by atoms with E-state index in [1.807, 2.05) is 44.4 Å². The van der Waals surface area contributed by atoms with Gasteiger partial charge in [0, 0.05) is 22.9 Å². The number of morpholine rings is 1. The third-order valence-corrected chi connectivity index (χ3v) is 4.72. The number of ether oxygens (including phenoxy) is 1. The lowest BCUT2D eigenvalue weighted by Gasteiger charge is -2.33. The molecule has 0 N–H and O–H groups in total. The number of aromatic nitrogens is 2. The number of benzene rings is 1. The normalized spacial score (nSPS) is 18.2. The quantitative estimate of drug-likeness (QED) is 0.792. The predicted molar refractivity (Wildman–Crippen MR) is 91.2 cm³/mol. The average Bonchev–Trinajstić information content (AvgIpc) is 3.11. The van der Waals surface area contributed by atoms with Gasteiger partial charge in [-0.1, -0.05) is 19.0 Å². The Balaban J connectivity index is 1.83. The molecule has 0 saturated carbocycles. The van der Waals surface area contributed by atoms with E-state index in [2.05, 4.69) is 10.1 Å². The van der Waals surface area contributed by atoms with Crippen molar-refractivity contribution >= 4 is 17.7 Å². The molecule has 0 radical (unpaired) electrons. The van der Waals surface area contributed by atoms with Gasteiger partial charge < -0.3 is 14.2 Å². The zero-order chi connectivity index (χ0) is 17.1. The first-order valence-corrected chi connectivity index (χ1v) is 9.19. The van der Waals surface area contributed by atoms with Crippen LogP contribution in [-0.2, 0) is 4.74 Å². The highest BCUT2D eigenvalue weighted by molar-refractivity contribution is 7.98. The molecule has 7 heteroatoms. The van der Waals surface area contributed by atoms with E-state index in [0.29, 0.717) is 37.0 Å². The van der Waals surface area contributed by atoms with Crippen molar-refractivity contribution < 1.29 is 14.1 Å². The van der Waals surface area contributed by atoms with E-state index >= 15 is 0 Å². The second kappa shape index (κ2) is 7.36. The van der Waals surface area contributed by atoms with Gasteiger partial charge in [-0.3, -0.25) is 4.79 Å². The summed E-state index contributed by atoms with van der Waals surface area (Å²) in [6.45, 7) is 5.39. The van der Waals surface area contributed by atoms with Crippen molar-refractivity contribution in [1.29, 1.82) is 0 Å². The molecule has 6 nitrogen and oxygen atoms in total. The van der Waals surface area contributed by atoms with Crippen LogP contribution in [0.2, 0.25) is 0 Å². The Bertz CT molecular complexity index is 699. The van der Waals surface area contributed by atoms with Gasteiger partial charge >= 0.3 is 0 Å². The standard InChI is InChI=1S/C17H21N3O3S/c1-11(2)16-18-15(19-23-16)14-10-22-9-8-20(14)17(21)12-4-6-13(24-3)7-5-12/h4-7,11,14H,8-10H2,1-3H3/t14-/m1/s1. The fourth-order valence-corrected chi connectivity index (χ4v) is 2.99. The van der Waals surface area contributed by atoms with Gasteiger partial charge in [0.2, 0.25) is 5.89 Å². The van der Waals surface area contributed by atoms with Crippen LogP contribution in [0, 0.1) is 0 Å². The topological polar surface area (TPSA) is 68.5 Å². The highest BCUT2D eigenvalue weighted by atomic mass is 32.2. The third kappa shape index (κ3) is 3.47. The lowest BCUT2D eigenvalue weighted by Crippen LogP contribution is -2.43. The van der Waals surface area contributed by atoms with Gasteiger partial charge in [0.15, 0.2) is 5.82 Å². The van der Waals surface area contributed by atoms with E-state index in [1.165, 1.54) is 0 Å². The molecule has 0 unspecified atom stereocenters. The summed E-state index contributed by atoms with van der Waals surface area (Å²) in [4.78, 5) is 20.2. The number of carbonyl (C=O) groups is 1. The zero-order valence-corrected chi connectivity index (χ0v) is 14.9. The van der Waals surface area contributed by atoms with Gasteiger partial charge in [-0.05, 0) is 30.5 Å². The van der Waals surface area contributed by atoms with E-state index in [1.54, 1.807) is 16.7 Å². The number of hydrogen-bond donors (Lipinski definition) is 0. The molecular weight excluding hydrogens is 326 g/mol. The van der Waals surface area contributed by atoms with Crippen LogP contribution in [-0.4, -0.2) is 47.0 Å². The summed E-state index contributed by atoms with van der Waals surface area (Å²) in [5.41, 5.74) is 0.660. The molecule has 1 fully saturated rings. The van der Waals surface area contributed by atoms with Crippen molar-refractivity contribution in [1.82, 2.24) is 15.0 Å². The molecule has 1 atom stereocenters. The minimum Gasteiger partial charge on any atom is -0.377 e. The van der Waals surface area contributed by atoms with Crippen LogP contribution in [0.4, 0.5) is 0 Å².